The van der Waals surface area contributed by atoms with Gasteiger partial charge < -0.3 is 6.42 Å². The molecule has 0 N–H and O–H groups in total. The van der Waals surface area contributed by atoms with E-state index in [2.05, 4.69) is 12.5 Å². The molecule has 1 aromatic carbocycles. The van der Waals surface area contributed by atoms with Crippen LogP contribution in [-0.2, 0) is 0 Å². The second-order valence-electron chi connectivity index (χ2n) is 3.00. The van der Waals surface area contributed by atoms with Crippen molar-refractivity contribution in [2.24, 2.45) is 0 Å². The zero-order chi connectivity index (χ0) is 8.49. The Morgan fingerprint density at radius 3 is 1.62 bits per heavy atom. The van der Waals surface area contributed by atoms with Gasteiger partial charge in [-0.25, -0.2) is 0 Å². The molecular formula is C12H16Ca. The first-order valence-electron chi connectivity index (χ1n) is 4.73. The summed E-state index contributed by atoms with van der Waals surface area (Å²) in [5, 5.41) is 0. The number of hydrogen-bond donors (Lipinski definition) is 0. The summed E-state index contributed by atoms with van der Waals surface area (Å²) in [5.74, 6) is 0. The summed E-state index contributed by atoms with van der Waals surface area (Å²) in [4.78, 5) is 0. The summed E-state index contributed by atoms with van der Waals surface area (Å²) in [6.07, 6.45) is 9.50. The SMILES string of the molecule is [CH-]1CCCCC1.[Ca+2].[c-]1ccccc1. The molecule has 13 heavy (non-hydrogen) atoms. The third-order valence-electron chi connectivity index (χ3n) is 1.92. The summed E-state index contributed by atoms with van der Waals surface area (Å²) in [7, 11) is 0. The molecule has 0 aliphatic heterocycles. The van der Waals surface area contributed by atoms with E-state index in [0.29, 0.717) is 0 Å². The van der Waals surface area contributed by atoms with E-state index < -0.39 is 0 Å². The largest absolute Gasteiger partial charge is 2.00 e. The van der Waals surface area contributed by atoms with Gasteiger partial charge in [0.1, 0.15) is 0 Å². The predicted octanol–water partition coefficient (Wildman–Crippen LogP) is 3.26. The minimum Gasteiger partial charge on any atom is -0.328 e. The maximum Gasteiger partial charge on any atom is 2.00 e. The van der Waals surface area contributed by atoms with E-state index in [-0.39, 0.29) is 37.7 Å². The Labute approximate surface area is 112 Å². The molecule has 0 spiro atoms. The van der Waals surface area contributed by atoms with Gasteiger partial charge in [0, 0.05) is 0 Å². The number of rotatable bonds is 0. The molecule has 1 fully saturated rings. The fourth-order valence-electron chi connectivity index (χ4n) is 1.24. The van der Waals surface area contributed by atoms with E-state index in [9.17, 15) is 0 Å². The summed E-state index contributed by atoms with van der Waals surface area (Å²) < 4.78 is 0. The van der Waals surface area contributed by atoms with Crippen molar-refractivity contribution in [1.29, 1.82) is 0 Å². The summed E-state index contributed by atoms with van der Waals surface area (Å²) in [6, 6.07) is 12.5. The summed E-state index contributed by atoms with van der Waals surface area (Å²) in [5.41, 5.74) is 0. The van der Waals surface area contributed by atoms with Gasteiger partial charge in [0.2, 0.25) is 0 Å². The molecule has 1 aliphatic rings. The van der Waals surface area contributed by atoms with Crippen LogP contribution in [0.1, 0.15) is 32.1 Å². The molecule has 1 aromatic rings. The summed E-state index contributed by atoms with van der Waals surface area (Å²) in [6.45, 7) is 0. The minimum absolute atomic E-state index is 0. The fraction of sp³-hybridized carbons (Fsp3) is 0.417. The van der Waals surface area contributed by atoms with Gasteiger partial charge >= 0.3 is 37.7 Å². The average Bonchev–Trinajstić information content (AvgIpc) is 2.24. The monoisotopic (exact) mass is 200 g/mol. The molecule has 0 amide bonds. The van der Waals surface area contributed by atoms with Crippen molar-refractivity contribution in [3.05, 3.63) is 42.8 Å². The Hall–Kier alpha value is 0.480. The molecule has 66 valence electrons. The zero-order valence-electron chi connectivity index (χ0n) is 8.21. The normalized spacial score (nSPS) is 14.8. The van der Waals surface area contributed by atoms with Crippen molar-refractivity contribution in [2.75, 3.05) is 0 Å². The van der Waals surface area contributed by atoms with Gasteiger partial charge in [-0.05, 0) is 0 Å². The van der Waals surface area contributed by atoms with Crippen molar-refractivity contribution in [3.63, 3.8) is 0 Å². The molecule has 0 heterocycles. The standard InChI is InChI=1S/C6H11.C6H5.Ca/c2*1-2-4-6-5-3-1;/h1H,2-6H2;1-5H;/q2*-1;+2. The molecular weight excluding hydrogens is 184 g/mol. The first-order chi connectivity index (χ1) is 6.00. The van der Waals surface area contributed by atoms with Gasteiger partial charge in [-0.1, -0.05) is 19.3 Å². The Morgan fingerprint density at radius 1 is 0.846 bits per heavy atom. The van der Waals surface area contributed by atoms with Crippen molar-refractivity contribution >= 4 is 37.7 Å². The second kappa shape index (κ2) is 10.6. The molecule has 0 saturated heterocycles. The number of benzene rings is 1. The Morgan fingerprint density at radius 2 is 1.46 bits per heavy atom. The van der Waals surface area contributed by atoms with E-state index in [1.165, 1.54) is 32.1 Å². The van der Waals surface area contributed by atoms with E-state index in [0.717, 1.165) is 0 Å². The van der Waals surface area contributed by atoms with Gasteiger partial charge in [0.05, 0.1) is 0 Å². The second-order valence-corrected chi connectivity index (χ2v) is 3.00. The Kier molecular flexibility index (Phi) is 10.9. The fourth-order valence-corrected chi connectivity index (χ4v) is 1.24. The molecule has 0 nitrogen and oxygen atoms in total. The van der Waals surface area contributed by atoms with Gasteiger partial charge in [-0.2, -0.15) is 49.2 Å². The first-order valence-corrected chi connectivity index (χ1v) is 4.73. The molecule has 0 aromatic heterocycles. The smallest absolute Gasteiger partial charge is 0.328 e. The Balaban J connectivity index is 0.000000206. The van der Waals surface area contributed by atoms with Crippen LogP contribution < -0.4 is 0 Å². The molecule has 1 heteroatoms. The first kappa shape index (κ1) is 13.5. The molecule has 0 bridgehead atoms. The molecule has 2 rings (SSSR count). The summed E-state index contributed by atoms with van der Waals surface area (Å²) >= 11 is 0. The van der Waals surface area contributed by atoms with Crippen LogP contribution in [0.5, 0.6) is 0 Å². The van der Waals surface area contributed by atoms with Crippen LogP contribution in [0.4, 0.5) is 0 Å². The van der Waals surface area contributed by atoms with Gasteiger partial charge in [0.15, 0.2) is 0 Å². The Bertz CT molecular complexity index is 130. The predicted molar refractivity (Wildman–Crippen MR) is 58.4 cm³/mol. The van der Waals surface area contributed by atoms with Crippen LogP contribution in [0.15, 0.2) is 30.3 Å². The van der Waals surface area contributed by atoms with Crippen molar-refractivity contribution in [3.8, 4) is 0 Å². The van der Waals surface area contributed by atoms with Gasteiger partial charge in [-0.15, -0.1) is 0 Å². The van der Waals surface area contributed by atoms with Crippen molar-refractivity contribution in [1.82, 2.24) is 0 Å². The molecule has 0 unspecified atom stereocenters. The maximum absolute atomic E-state index is 2.89. The van der Waals surface area contributed by atoms with Crippen molar-refractivity contribution < 1.29 is 0 Å². The molecule has 1 aliphatic carbocycles. The van der Waals surface area contributed by atoms with Crippen LogP contribution >= 0.6 is 0 Å². The number of hydrogen-bond acceptors (Lipinski definition) is 0. The maximum atomic E-state index is 2.89. The van der Waals surface area contributed by atoms with Crippen LogP contribution in [0.25, 0.3) is 0 Å². The molecule has 0 atom stereocenters. The molecule has 1 saturated carbocycles. The van der Waals surface area contributed by atoms with Crippen LogP contribution in [-0.4, -0.2) is 37.7 Å². The van der Waals surface area contributed by atoms with E-state index in [1.807, 2.05) is 30.3 Å². The zero-order valence-corrected chi connectivity index (χ0v) is 10.4. The topological polar surface area (TPSA) is 0 Å². The quantitative estimate of drug-likeness (QED) is 0.445. The molecule has 0 radical (unpaired) electrons. The third kappa shape index (κ3) is 8.80. The van der Waals surface area contributed by atoms with E-state index in [1.54, 1.807) is 0 Å². The van der Waals surface area contributed by atoms with E-state index in [4.69, 9.17) is 0 Å². The van der Waals surface area contributed by atoms with Crippen LogP contribution in [0.2, 0.25) is 0 Å². The van der Waals surface area contributed by atoms with Crippen LogP contribution in [0.3, 0.4) is 0 Å². The average molecular weight is 200 g/mol. The van der Waals surface area contributed by atoms with Crippen molar-refractivity contribution in [2.45, 2.75) is 32.1 Å². The third-order valence-corrected chi connectivity index (χ3v) is 1.92. The van der Waals surface area contributed by atoms with Crippen LogP contribution in [0, 0.1) is 12.5 Å². The van der Waals surface area contributed by atoms with Gasteiger partial charge in [0.25, 0.3) is 0 Å². The van der Waals surface area contributed by atoms with Gasteiger partial charge in [-0.3, -0.25) is 0 Å². The van der Waals surface area contributed by atoms with E-state index >= 15 is 0 Å². The minimum atomic E-state index is 0.